The van der Waals surface area contributed by atoms with Gasteiger partial charge in [0.05, 0.1) is 0 Å². The van der Waals surface area contributed by atoms with Gasteiger partial charge in [0.1, 0.15) is 0 Å². The number of anilines is 3. The van der Waals surface area contributed by atoms with Gasteiger partial charge in [0.15, 0.2) is 8.07 Å². The fourth-order valence-corrected chi connectivity index (χ4v) is 14.7. The largest absolute Gasteiger partial charge is 0.310 e. The minimum atomic E-state index is -2.61. The van der Waals surface area contributed by atoms with E-state index in [9.17, 15) is 0 Å². The van der Waals surface area contributed by atoms with Crippen LogP contribution in [-0.2, 0) is 0 Å². The quantitative estimate of drug-likeness (QED) is 0.0981. The molecule has 298 valence electrons. The average molecular weight is 820 g/mol. The fourth-order valence-electron chi connectivity index (χ4n) is 10.0. The first-order valence-corrected chi connectivity index (χ1v) is 23.9. The molecule has 10 aromatic rings. The van der Waals surface area contributed by atoms with Gasteiger partial charge in [-0.15, -0.1) is 0 Å². The van der Waals surface area contributed by atoms with Crippen LogP contribution in [0.25, 0.3) is 33.4 Å². The van der Waals surface area contributed by atoms with Crippen LogP contribution in [0.4, 0.5) is 17.1 Å². The summed E-state index contributed by atoms with van der Waals surface area (Å²) in [6.45, 7) is 0. The van der Waals surface area contributed by atoms with E-state index in [4.69, 9.17) is 0 Å². The van der Waals surface area contributed by atoms with E-state index in [1.54, 1.807) is 0 Å². The van der Waals surface area contributed by atoms with Crippen molar-refractivity contribution in [1.82, 2.24) is 0 Å². The Hall–Kier alpha value is -7.78. The number of hydrogen-bond acceptors (Lipinski definition) is 1. The van der Waals surface area contributed by atoms with Crippen molar-refractivity contribution in [3.63, 3.8) is 0 Å². The molecule has 0 spiro atoms. The molecule has 0 saturated heterocycles. The molecule has 11 rings (SSSR count). The maximum atomic E-state index is 2.42. The molecular weight excluding hydrogens is 775 g/mol. The summed E-state index contributed by atoms with van der Waals surface area (Å²) in [6.07, 6.45) is 0. The van der Waals surface area contributed by atoms with Gasteiger partial charge in [-0.25, -0.2) is 0 Å². The molecule has 1 unspecified atom stereocenters. The summed E-state index contributed by atoms with van der Waals surface area (Å²) in [5.74, 6) is 0.164. The van der Waals surface area contributed by atoms with Crippen LogP contribution in [0, 0.1) is 0 Å². The third-order valence-corrected chi connectivity index (χ3v) is 17.7. The van der Waals surface area contributed by atoms with E-state index in [1.165, 1.54) is 70.8 Å². The third-order valence-electron chi connectivity index (χ3n) is 12.9. The monoisotopic (exact) mass is 819 g/mol. The van der Waals surface area contributed by atoms with Gasteiger partial charge in [-0.2, -0.15) is 0 Å². The van der Waals surface area contributed by atoms with Crippen molar-refractivity contribution in [1.29, 1.82) is 0 Å². The lowest BCUT2D eigenvalue weighted by atomic mass is 9.89. The maximum absolute atomic E-state index is 2.61. The lowest BCUT2D eigenvalue weighted by molar-refractivity contribution is 1.01. The van der Waals surface area contributed by atoms with Crippen LogP contribution in [-0.4, -0.2) is 8.07 Å². The van der Waals surface area contributed by atoms with Crippen molar-refractivity contribution in [2.45, 2.75) is 5.92 Å². The number of benzene rings is 10. The number of rotatable bonds is 10. The molecule has 1 aliphatic rings. The molecule has 0 fully saturated rings. The molecular formula is C61H45NSi. The van der Waals surface area contributed by atoms with Gasteiger partial charge >= 0.3 is 0 Å². The first-order chi connectivity index (χ1) is 31.3. The Labute approximate surface area is 371 Å². The number of fused-ring (bicyclic) bond motifs is 3. The van der Waals surface area contributed by atoms with E-state index < -0.39 is 8.07 Å². The summed E-state index contributed by atoms with van der Waals surface area (Å²) in [5.41, 5.74) is 14.8. The summed E-state index contributed by atoms with van der Waals surface area (Å²) in [4.78, 5) is 2.41. The lowest BCUT2D eigenvalue weighted by Gasteiger charge is -2.34. The zero-order valence-electron chi connectivity index (χ0n) is 34.9. The minimum absolute atomic E-state index is 0.164. The Morgan fingerprint density at radius 2 is 0.635 bits per heavy atom. The molecule has 1 atom stereocenters. The van der Waals surface area contributed by atoms with E-state index >= 15 is 0 Å². The average Bonchev–Trinajstić information content (AvgIpc) is 3.70. The van der Waals surface area contributed by atoms with Gasteiger partial charge in [0.25, 0.3) is 0 Å². The van der Waals surface area contributed by atoms with Crippen molar-refractivity contribution in [2.24, 2.45) is 0 Å². The predicted octanol–water partition coefficient (Wildman–Crippen LogP) is 13.0. The fraction of sp³-hybridized carbons (Fsp3) is 0.0164. The molecule has 10 aromatic carbocycles. The summed E-state index contributed by atoms with van der Waals surface area (Å²) in [7, 11) is -2.61. The summed E-state index contributed by atoms with van der Waals surface area (Å²) in [6, 6.07) is 98.5. The van der Waals surface area contributed by atoms with Crippen LogP contribution in [0.3, 0.4) is 0 Å². The molecule has 0 amide bonds. The van der Waals surface area contributed by atoms with Gasteiger partial charge in [-0.1, -0.05) is 231 Å². The molecule has 0 aromatic heterocycles. The Kier molecular flexibility index (Phi) is 10.0. The summed E-state index contributed by atoms with van der Waals surface area (Å²) in [5, 5.41) is 5.50. The highest BCUT2D eigenvalue weighted by Crippen LogP contribution is 2.50. The molecule has 1 nitrogen and oxygen atoms in total. The molecule has 2 heteroatoms. The van der Waals surface area contributed by atoms with Gasteiger partial charge in [0, 0.05) is 23.0 Å². The zero-order chi connectivity index (χ0) is 42.0. The zero-order valence-corrected chi connectivity index (χ0v) is 35.9. The number of nitrogens with zero attached hydrogens (tertiary/aromatic N) is 1. The van der Waals surface area contributed by atoms with E-state index in [-0.39, 0.29) is 5.92 Å². The molecule has 0 bridgehead atoms. The van der Waals surface area contributed by atoms with Gasteiger partial charge in [-0.05, 0) is 107 Å². The highest BCUT2D eigenvalue weighted by Gasteiger charge is 2.41. The first kappa shape index (κ1) is 38.2. The highest BCUT2D eigenvalue weighted by atomic mass is 28.3. The SMILES string of the molecule is c1ccc(-c2ccc(N(c3ccc(-c4ccc([Si](c5ccccc5)(c5ccccc5)c5ccccc5)cc4)cc3)c3ccc4c(c3)C(c3ccccc3)c3ccccc3-4)cc2)cc1. The Bertz CT molecular complexity index is 3020. The topological polar surface area (TPSA) is 3.24 Å². The van der Waals surface area contributed by atoms with E-state index in [0.717, 1.165) is 17.1 Å². The Balaban J connectivity index is 0.993. The number of hydrogen-bond donors (Lipinski definition) is 0. The molecule has 0 aliphatic heterocycles. The van der Waals surface area contributed by atoms with Crippen LogP contribution >= 0.6 is 0 Å². The van der Waals surface area contributed by atoms with E-state index in [2.05, 4.69) is 272 Å². The summed E-state index contributed by atoms with van der Waals surface area (Å²) < 4.78 is 0. The van der Waals surface area contributed by atoms with Gasteiger partial charge in [-0.3, -0.25) is 0 Å². The lowest BCUT2D eigenvalue weighted by Crippen LogP contribution is -2.74. The van der Waals surface area contributed by atoms with Crippen LogP contribution in [0.5, 0.6) is 0 Å². The van der Waals surface area contributed by atoms with Crippen LogP contribution in [0.2, 0.25) is 0 Å². The van der Waals surface area contributed by atoms with Gasteiger partial charge < -0.3 is 4.90 Å². The second-order valence-electron chi connectivity index (χ2n) is 16.4. The smallest absolute Gasteiger partial charge is 0.179 e. The van der Waals surface area contributed by atoms with Crippen LogP contribution < -0.4 is 25.6 Å². The molecule has 0 heterocycles. The Morgan fingerprint density at radius 1 is 0.270 bits per heavy atom. The Morgan fingerprint density at radius 3 is 1.14 bits per heavy atom. The van der Waals surface area contributed by atoms with Crippen molar-refractivity contribution >= 4 is 45.9 Å². The maximum Gasteiger partial charge on any atom is 0.179 e. The second-order valence-corrected chi connectivity index (χ2v) is 20.2. The molecule has 0 radical (unpaired) electrons. The van der Waals surface area contributed by atoms with E-state index in [0.29, 0.717) is 0 Å². The standard InChI is InChI=1S/C61H45NSi/c1-6-18-45(19-7-1)46-30-36-50(37-31-46)62(52-40-43-58-57-28-16-17-29-59(57)61(60(58)44-52)49-20-8-2-9-21-49)51-38-32-47(33-39-51)48-34-41-56(42-35-48)63(53-22-10-3-11-23-53,54-24-12-4-13-25-54)55-26-14-5-15-27-55/h1-44,61H. The molecule has 63 heavy (non-hydrogen) atoms. The van der Waals surface area contributed by atoms with Crippen LogP contribution in [0.15, 0.2) is 267 Å². The predicted molar refractivity (Wildman–Crippen MR) is 268 cm³/mol. The van der Waals surface area contributed by atoms with Crippen molar-refractivity contribution in [3.8, 4) is 33.4 Å². The van der Waals surface area contributed by atoms with Crippen molar-refractivity contribution in [2.75, 3.05) is 4.90 Å². The van der Waals surface area contributed by atoms with Crippen molar-refractivity contribution < 1.29 is 0 Å². The normalized spacial score (nSPS) is 12.9. The molecule has 0 N–H and O–H groups in total. The third kappa shape index (κ3) is 6.91. The van der Waals surface area contributed by atoms with Crippen LogP contribution in [0.1, 0.15) is 22.6 Å². The summed E-state index contributed by atoms with van der Waals surface area (Å²) >= 11 is 0. The van der Waals surface area contributed by atoms with Crippen molar-refractivity contribution in [3.05, 3.63) is 284 Å². The molecule has 0 saturated carbocycles. The van der Waals surface area contributed by atoms with E-state index in [1.807, 2.05) is 0 Å². The van der Waals surface area contributed by atoms with Gasteiger partial charge in [0.2, 0.25) is 0 Å². The first-order valence-electron chi connectivity index (χ1n) is 21.9. The second kappa shape index (κ2) is 16.6. The molecule has 1 aliphatic carbocycles. The highest BCUT2D eigenvalue weighted by molar-refractivity contribution is 7.19. The minimum Gasteiger partial charge on any atom is -0.310 e.